The molecule has 3 amide bonds. The van der Waals surface area contributed by atoms with Crippen LogP contribution < -0.4 is 10.1 Å². The van der Waals surface area contributed by atoms with E-state index in [1.807, 2.05) is 36.4 Å². The average molecular weight is 391 g/mol. The molecule has 6 nitrogen and oxygen atoms in total. The molecular weight excluding hydrogens is 366 g/mol. The first-order valence-electron chi connectivity index (χ1n) is 10.0. The Morgan fingerprint density at radius 1 is 1.03 bits per heavy atom. The van der Waals surface area contributed by atoms with Crippen molar-refractivity contribution in [1.29, 1.82) is 0 Å². The van der Waals surface area contributed by atoms with Crippen LogP contribution in [-0.2, 0) is 11.4 Å². The molecule has 1 N–H and O–H groups in total. The molecule has 1 aliphatic heterocycles. The van der Waals surface area contributed by atoms with Crippen molar-refractivity contribution in [2.24, 2.45) is 5.10 Å². The summed E-state index contributed by atoms with van der Waals surface area (Å²) in [7, 11) is 0. The molecule has 1 saturated carbocycles. The van der Waals surface area contributed by atoms with Crippen molar-refractivity contribution in [2.75, 3.05) is 0 Å². The monoisotopic (exact) mass is 391 g/mol. The van der Waals surface area contributed by atoms with E-state index in [0.717, 1.165) is 41.1 Å². The molecule has 2 aliphatic rings. The van der Waals surface area contributed by atoms with Crippen LogP contribution in [0.3, 0.4) is 0 Å². The first-order valence-corrected chi connectivity index (χ1v) is 10.0. The minimum atomic E-state index is -0.750. The highest BCUT2D eigenvalue weighted by Gasteiger charge is 2.51. The molecule has 29 heavy (non-hydrogen) atoms. The SMILES string of the molecule is Cc1ccc(COc2ccc(/C=N\N3C(=O)NC4(CCCCC4)C3=O)cc2)cc1. The Balaban J connectivity index is 1.37. The molecule has 2 aromatic rings. The fourth-order valence-corrected chi connectivity index (χ4v) is 3.83. The van der Waals surface area contributed by atoms with Gasteiger partial charge in [0.05, 0.1) is 6.21 Å². The summed E-state index contributed by atoms with van der Waals surface area (Å²) in [6, 6.07) is 15.2. The maximum absolute atomic E-state index is 12.7. The minimum Gasteiger partial charge on any atom is -0.489 e. The number of hydrogen-bond acceptors (Lipinski definition) is 4. The van der Waals surface area contributed by atoms with Crippen LogP contribution in [0.2, 0.25) is 0 Å². The lowest BCUT2D eigenvalue weighted by atomic mass is 9.82. The van der Waals surface area contributed by atoms with Gasteiger partial charge in [0.25, 0.3) is 5.91 Å². The number of ether oxygens (including phenoxy) is 1. The van der Waals surface area contributed by atoms with E-state index < -0.39 is 11.6 Å². The van der Waals surface area contributed by atoms with Gasteiger partial charge in [-0.15, -0.1) is 5.01 Å². The van der Waals surface area contributed by atoms with E-state index >= 15 is 0 Å². The van der Waals surface area contributed by atoms with Crippen molar-refractivity contribution in [2.45, 2.75) is 51.2 Å². The van der Waals surface area contributed by atoms with Crippen LogP contribution in [0, 0.1) is 6.92 Å². The summed E-state index contributed by atoms with van der Waals surface area (Å²) in [6.45, 7) is 2.55. The van der Waals surface area contributed by atoms with Gasteiger partial charge in [0.1, 0.15) is 17.9 Å². The highest BCUT2D eigenvalue weighted by atomic mass is 16.5. The van der Waals surface area contributed by atoms with Crippen molar-refractivity contribution in [3.8, 4) is 5.75 Å². The standard InChI is InChI=1S/C23H25N3O3/c1-17-5-7-19(8-6-17)16-29-20-11-9-18(10-12-20)15-24-26-21(27)23(25-22(26)28)13-3-2-4-14-23/h5-12,15H,2-4,13-14,16H2,1H3,(H,25,28)/b24-15-. The lowest BCUT2D eigenvalue weighted by molar-refractivity contribution is -0.132. The predicted molar refractivity (Wildman–Crippen MR) is 111 cm³/mol. The number of amides is 3. The smallest absolute Gasteiger partial charge is 0.346 e. The summed E-state index contributed by atoms with van der Waals surface area (Å²) < 4.78 is 5.80. The van der Waals surface area contributed by atoms with Gasteiger partial charge >= 0.3 is 6.03 Å². The van der Waals surface area contributed by atoms with Crippen LogP contribution in [0.5, 0.6) is 5.75 Å². The zero-order valence-corrected chi connectivity index (χ0v) is 16.6. The number of hydrazone groups is 1. The fraction of sp³-hybridized carbons (Fsp3) is 0.348. The lowest BCUT2D eigenvalue weighted by Crippen LogP contribution is -2.48. The molecule has 1 heterocycles. The quantitative estimate of drug-likeness (QED) is 0.614. The Labute approximate surface area is 170 Å². The van der Waals surface area contributed by atoms with Crippen molar-refractivity contribution in [3.63, 3.8) is 0 Å². The van der Waals surface area contributed by atoms with Crippen LogP contribution in [0.4, 0.5) is 4.79 Å². The number of carbonyl (C=O) groups excluding carboxylic acids is 2. The van der Waals surface area contributed by atoms with Gasteiger partial charge in [-0.05, 0) is 55.2 Å². The first kappa shape index (κ1) is 19.2. The van der Waals surface area contributed by atoms with E-state index in [-0.39, 0.29) is 5.91 Å². The summed E-state index contributed by atoms with van der Waals surface area (Å²) in [5.74, 6) is 0.510. The van der Waals surface area contributed by atoms with Crippen molar-refractivity contribution in [3.05, 3.63) is 65.2 Å². The van der Waals surface area contributed by atoms with E-state index in [4.69, 9.17) is 4.74 Å². The molecule has 0 aromatic heterocycles. The van der Waals surface area contributed by atoms with Gasteiger partial charge in [-0.25, -0.2) is 4.79 Å². The molecule has 6 heteroatoms. The lowest BCUT2D eigenvalue weighted by Gasteiger charge is -2.29. The molecule has 0 radical (unpaired) electrons. The van der Waals surface area contributed by atoms with Crippen LogP contribution >= 0.6 is 0 Å². The van der Waals surface area contributed by atoms with Crippen LogP contribution in [0.1, 0.15) is 48.8 Å². The Hall–Kier alpha value is -3.15. The number of nitrogens with one attached hydrogen (secondary N) is 1. The third-order valence-electron chi connectivity index (χ3n) is 5.58. The van der Waals surface area contributed by atoms with Crippen LogP contribution in [0.15, 0.2) is 53.6 Å². The summed E-state index contributed by atoms with van der Waals surface area (Å²) in [5.41, 5.74) is 2.37. The van der Waals surface area contributed by atoms with Gasteiger partial charge in [-0.1, -0.05) is 49.1 Å². The Kier molecular flexibility index (Phi) is 5.34. The molecule has 2 aromatic carbocycles. The molecule has 1 spiro atoms. The highest BCUT2D eigenvalue weighted by Crippen LogP contribution is 2.33. The van der Waals surface area contributed by atoms with Crippen LogP contribution in [-0.4, -0.2) is 28.7 Å². The zero-order chi connectivity index (χ0) is 20.3. The molecule has 150 valence electrons. The number of aryl methyl sites for hydroxylation is 1. The van der Waals surface area contributed by atoms with Crippen LogP contribution in [0.25, 0.3) is 0 Å². The van der Waals surface area contributed by atoms with Gasteiger partial charge in [-0.2, -0.15) is 5.10 Å². The van der Waals surface area contributed by atoms with Gasteiger partial charge in [0.15, 0.2) is 0 Å². The highest BCUT2D eigenvalue weighted by molar-refractivity contribution is 6.07. The molecular formula is C23H25N3O3. The van der Waals surface area contributed by atoms with E-state index in [1.165, 1.54) is 11.8 Å². The molecule has 0 bridgehead atoms. The third kappa shape index (κ3) is 4.16. The molecule has 1 saturated heterocycles. The van der Waals surface area contributed by atoms with Crippen molar-refractivity contribution >= 4 is 18.2 Å². The third-order valence-corrected chi connectivity index (χ3v) is 5.58. The number of carbonyl (C=O) groups is 2. The van der Waals surface area contributed by atoms with Gasteiger partial charge in [-0.3, -0.25) is 4.79 Å². The second-order valence-electron chi connectivity index (χ2n) is 7.78. The van der Waals surface area contributed by atoms with E-state index in [2.05, 4.69) is 29.5 Å². The number of nitrogens with zero attached hydrogens (tertiary/aromatic N) is 2. The normalized spacial score (nSPS) is 18.4. The van der Waals surface area contributed by atoms with Crippen molar-refractivity contribution in [1.82, 2.24) is 10.3 Å². The molecule has 0 unspecified atom stereocenters. The summed E-state index contributed by atoms with van der Waals surface area (Å²) in [4.78, 5) is 25.0. The van der Waals surface area contributed by atoms with E-state index in [0.29, 0.717) is 19.4 Å². The number of rotatable bonds is 5. The number of imide groups is 1. The average Bonchev–Trinajstić information content (AvgIpc) is 2.96. The number of hydrogen-bond donors (Lipinski definition) is 1. The summed E-state index contributed by atoms with van der Waals surface area (Å²) >= 11 is 0. The maximum Gasteiger partial charge on any atom is 0.346 e. The predicted octanol–water partition coefficient (Wildman–Crippen LogP) is 4.16. The van der Waals surface area contributed by atoms with Crippen molar-refractivity contribution < 1.29 is 14.3 Å². The first-order chi connectivity index (χ1) is 14.1. The van der Waals surface area contributed by atoms with Gasteiger partial charge < -0.3 is 10.1 Å². The molecule has 0 atom stereocenters. The summed E-state index contributed by atoms with van der Waals surface area (Å²) in [5, 5.41) is 7.96. The largest absolute Gasteiger partial charge is 0.489 e. The second-order valence-corrected chi connectivity index (χ2v) is 7.78. The van der Waals surface area contributed by atoms with E-state index in [9.17, 15) is 9.59 Å². The molecule has 1 aliphatic carbocycles. The Morgan fingerprint density at radius 2 is 1.72 bits per heavy atom. The maximum atomic E-state index is 12.7. The fourth-order valence-electron chi connectivity index (χ4n) is 3.83. The summed E-state index contributed by atoms with van der Waals surface area (Å²) in [6.07, 6.45) is 5.92. The molecule has 2 fully saturated rings. The van der Waals surface area contributed by atoms with Gasteiger partial charge in [0, 0.05) is 0 Å². The Morgan fingerprint density at radius 3 is 2.41 bits per heavy atom. The minimum absolute atomic E-state index is 0.239. The zero-order valence-electron chi connectivity index (χ0n) is 16.6. The van der Waals surface area contributed by atoms with E-state index in [1.54, 1.807) is 0 Å². The topological polar surface area (TPSA) is 71.0 Å². The Bertz CT molecular complexity index is 913. The number of urea groups is 1. The number of benzene rings is 2. The van der Waals surface area contributed by atoms with Gasteiger partial charge in [0.2, 0.25) is 0 Å². The molecule has 4 rings (SSSR count). The second kappa shape index (κ2) is 8.07.